The summed E-state index contributed by atoms with van der Waals surface area (Å²) in [6, 6.07) is 15.5. The number of benzene rings is 1. The number of nitrogens with zero attached hydrogens (tertiary/aromatic N) is 5. The molecule has 0 unspecified atom stereocenters. The fraction of sp³-hybridized carbons (Fsp3) is 0.278. The van der Waals surface area contributed by atoms with Gasteiger partial charge in [0.05, 0.1) is 0 Å². The van der Waals surface area contributed by atoms with Crippen molar-refractivity contribution in [3.63, 3.8) is 0 Å². The Morgan fingerprint density at radius 1 is 0.917 bits per heavy atom. The Balaban J connectivity index is 1.52. The molecule has 2 aromatic heterocycles. The molecule has 0 bridgehead atoms. The minimum atomic E-state index is 0.111. The molecule has 1 saturated heterocycles. The molecule has 122 valence electrons. The number of carbonyl (C=O) groups is 1. The molecule has 6 heteroatoms. The van der Waals surface area contributed by atoms with Crippen LogP contribution in [0.4, 0.5) is 5.82 Å². The van der Waals surface area contributed by atoms with Crippen LogP contribution in [0.2, 0.25) is 0 Å². The summed E-state index contributed by atoms with van der Waals surface area (Å²) in [6.07, 6.45) is 2.68. The van der Waals surface area contributed by atoms with Gasteiger partial charge in [0.15, 0.2) is 5.65 Å². The Bertz CT molecular complexity index is 845. The fourth-order valence-electron chi connectivity index (χ4n) is 3.21. The zero-order valence-electron chi connectivity index (χ0n) is 13.4. The molecule has 0 spiro atoms. The van der Waals surface area contributed by atoms with Gasteiger partial charge in [-0.1, -0.05) is 24.3 Å². The first-order chi connectivity index (χ1) is 11.8. The number of fused-ring (bicyclic) bond motifs is 1. The van der Waals surface area contributed by atoms with Crippen molar-refractivity contribution in [2.75, 3.05) is 31.1 Å². The van der Waals surface area contributed by atoms with Crippen LogP contribution >= 0.6 is 0 Å². The van der Waals surface area contributed by atoms with Crippen molar-refractivity contribution in [1.82, 2.24) is 19.5 Å². The highest BCUT2D eigenvalue weighted by atomic mass is 16.2. The van der Waals surface area contributed by atoms with Gasteiger partial charge in [-0.05, 0) is 30.7 Å². The Morgan fingerprint density at radius 2 is 1.79 bits per heavy atom. The molecule has 3 aromatic rings. The normalized spacial score (nSPS) is 15.5. The molecule has 1 amide bonds. The first-order valence-corrected chi connectivity index (χ1v) is 8.21. The van der Waals surface area contributed by atoms with Gasteiger partial charge < -0.3 is 9.80 Å². The standard InChI is InChI=1S/C18H19N5O/c24-18(15-6-2-1-3-7-15)22-11-5-10-21(12-13-22)17-9-4-8-16-20-19-14-23(16)17/h1-4,6-9,14H,5,10-13H2. The van der Waals surface area contributed by atoms with Crippen molar-refractivity contribution in [3.8, 4) is 0 Å². The van der Waals surface area contributed by atoms with E-state index in [1.807, 2.05) is 51.8 Å². The number of pyridine rings is 1. The largest absolute Gasteiger partial charge is 0.356 e. The molecule has 4 rings (SSSR count). The Hall–Kier alpha value is -2.89. The van der Waals surface area contributed by atoms with E-state index in [0.29, 0.717) is 6.54 Å². The second-order valence-electron chi connectivity index (χ2n) is 5.94. The van der Waals surface area contributed by atoms with Gasteiger partial charge in [0, 0.05) is 31.7 Å². The van der Waals surface area contributed by atoms with E-state index in [0.717, 1.165) is 43.1 Å². The molecule has 1 aromatic carbocycles. The number of rotatable bonds is 2. The van der Waals surface area contributed by atoms with E-state index in [1.54, 1.807) is 6.33 Å². The summed E-state index contributed by atoms with van der Waals surface area (Å²) >= 11 is 0. The van der Waals surface area contributed by atoms with Crippen LogP contribution in [-0.2, 0) is 0 Å². The maximum atomic E-state index is 12.6. The van der Waals surface area contributed by atoms with Gasteiger partial charge in [-0.2, -0.15) is 0 Å². The van der Waals surface area contributed by atoms with Crippen LogP contribution in [-0.4, -0.2) is 51.6 Å². The Kier molecular flexibility index (Phi) is 3.86. The number of aromatic nitrogens is 3. The number of hydrogen-bond acceptors (Lipinski definition) is 4. The van der Waals surface area contributed by atoms with Gasteiger partial charge >= 0.3 is 0 Å². The summed E-state index contributed by atoms with van der Waals surface area (Å²) in [7, 11) is 0. The highest BCUT2D eigenvalue weighted by Gasteiger charge is 2.21. The zero-order valence-corrected chi connectivity index (χ0v) is 13.4. The van der Waals surface area contributed by atoms with Crippen LogP contribution < -0.4 is 4.90 Å². The second-order valence-corrected chi connectivity index (χ2v) is 5.94. The number of amides is 1. The number of anilines is 1. The van der Waals surface area contributed by atoms with E-state index in [4.69, 9.17) is 0 Å². The van der Waals surface area contributed by atoms with Gasteiger partial charge in [0.2, 0.25) is 0 Å². The molecule has 0 N–H and O–H groups in total. The second kappa shape index (κ2) is 6.31. The van der Waals surface area contributed by atoms with E-state index in [2.05, 4.69) is 21.2 Å². The molecular weight excluding hydrogens is 302 g/mol. The molecular formula is C18H19N5O. The van der Waals surface area contributed by atoms with Crippen molar-refractivity contribution in [3.05, 3.63) is 60.4 Å². The van der Waals surface area contributed by atoms with Crippen LogP contribution in [0.3, 0.4) is 0 Å². The monoisotopic (exact) mass is 321 g/mol. The van der Waals surface area contributed by atoms with Crippen molar-refractivity contribution in [2.24, 2.45) is 0 Å². The first kappa shape index (κ1) is 14.7. The van der Waals surface area contributed by atoms with Crippen molar-refractivity contribution >= 4 is 17.4 Å². The quantitative estimate of drug-likeness (QED) is 0.725. The summed E-state index contributed by atoms with van der Waals surface area (Å²) in [5.74, 6) is 1.19. The maximum Gasteiger partial charge on any atom is 0.253 e. The topological polar surface area (TPSA) is 53.7 Å². The molecule has 0 saturated carbocycles. The van der Waals surface area contributed by atoms with E-state index in [9.17, 15) is 4.79 Å². The predicted molar refractivity (Wildman–Crippen MR) is 92.2 cm³/mol. The van der Waals surface area contributed by atoms with Crippen LogP contribution in [0, 0.1) is 0 Å². The van der Waals surface area contributed by atoms with Crippen LogP contribution in [0.1, 0.15) is 16.8 Å². The third-order valence-electron chi connectivity index (χ3n) is 4.44. The number of hydrogen-bond donors (Lipinski definition) is 0. The van der Waals surface area contributed by atoms with Crippen LogP contribution in [0.25, 0.3) is 5.65 Å². The van der Waals surface area contributed by atoms with Crippen LogP contribution in [0.15, 0.2) is 54.9 Å². The SMILES string of the molecule is O=C(c1ccccc1)N1CCCN(c2cccc3nncn23)CC1. The lowest BCUT2D eigenvalue weighted by Crippen LogP contribution is -2.35. The van der Waals surface area contributed by atoms with Gasteiger partial charge in [0.1, 0.15) is 12.1 Å². The van der Waals surface area contributed by atoms with Gasteiger partial charge in [-0.25, -0.2) is 0 Å². The summed E-state index contributed by atoms with van der Waals surface area (Å²) in [6.45, 7) is 3.21. The lowest BCUT2D eigenvalue weighted by Gasteiger charge is -2.24. The van der Waals surface area contributed by atoms with E-state index >= 15 is 0 Å². The fourth-order valence-corrected chi connectivity index (χ4v) is 3.21. The first-order valence-electron chi connectivity index (χ1n) is 8.21. The lowest BCUT2D eigenvalue weighted by molar-refractivity contribution is 0.0767. The molecule has 1 fully saturated rings. The van der Waals surface area contributed by atoms with E-state index in [-0.39, 0.29) is 5.91 Å². The van der Waals surface area contributed by atoms with Crippen LogP contribution in [0.5, 0.6) is 0 Å². The molecule has 6 nitrogen and oxygen atoms in total. The molecule has 1 aliphatic heterocycles. The van der Waals surface area contributed by atoms with E-state index < -0.39 is 0 Å². The third-order valence-corrected chi connectivity index (χ3v) is 4.44. The van der Waals surface area contributed by atoms with Gasteiger partial charge in [-0.15, -0.1) is 10.2 Å². The van der Waals surface area contributed by atoms with Gasteiger partial charge in [0.25, 0.3) is 5.91 Å². The minimum absolute atomic E-state index is 0.111. The summed E-state index contributed by atoms with van der Waals surface area (Å²) in [5.41, 5.74) is 1.60. The number of carbonyl (C=O) groups excluding carboxylic acids is 1. The molecule has 3 heterocycles. The summed E-state index contributed by atoms with van der Waals surface area (Å²) < 4.78 is 1.99. The minimum Gasteiger partial charge on any atom is -0.356 e. The van der Waals surface area contributed by atoms with Crippen molar-refractivity contribution < 1.29 is 4.79 Å². The zero-order chi connectivity index (χ0) is 16.4. The average Bonchev–Trinajstić information content (AvgIpc) is 2.99. The highest BCUT2D eigenvalue weighted by molar-refractivity contribution is 5.94. The molecule has 0 aliphatic carbocycles. The Labute approximate surface area is 140 Å². The summed E-state index contributed by atoms with van der Waals surface area (Å²) in [5, 5.41) is 8.09. The third kappa shape index (κ3) is 2.71. The van der Waals surface area contributed by atoms with E-state index in [1.165, 1.54) is 0 Å². The predicted octanol–water partition coefficient (Wildman–Crippen LogP) is 2.08. The maximum absolute atomic E-state index is 12.6. The average molecular weight is 321 g/mol. The highest BCUT2D eigenvalue weighted by Crippen LogP contribution is 2.18. The molecule has 0 atom stereocenters. The molecule has 0 radical (unpaired) electrons. The van der Waals surface area contributed by atoms with Crippen molar-refractivity contribution in [1.29, 1.82) is 0 Å². The molecule has 1 aliphatic rings. The Morgan fingerprint density at radius 3 is 2.67 bits per heavy atom. The lowest BCUT2D eigenvalue weighted by atomic mass is 10.2. The molecule has 24 heavy (non-hydrogen) atoms. The summed E-state index contributed by atoms with van der Waals surface area (Å²) in [4.78, 5) is 16.9. The van der Waals surface area contributed by atoms with Gasteiger partial charge in [-0.3, -0.25) is 9.20 Å². The van der Waals surface area contributed by atoms with Crippen molar-refractivity contribution in [2.45, 2.75) is 6.42 Å². The smallest absolute Gasteiger partial charge is 0.253 e.